The predicted octanol–water partition coefficient (Wildman–Crippen LogP) is 2.88. The van der Waals surface area contributed by atoms with E-state index in [2.05, 4.69) is 0 Å². The Kier molecular flexibility index (Phi) is 3.96. The predicted molar refractivity (Wildman–Crippen MR) is 89.9 cm³/mol. The standard InChI is InChI=1S/C17H15FN2O3S/c1-9-13(7-11-3-5-12(18)6-4-11)10(2)20-15(9)16(24)19(17(20)23)8-14(21)22/h3-6H,7-8H2,1-2H3,(H,21,22). The minimum atomic E-state index is -1.11. The highest BCUT2D eigenvalue weighted by atomic mass is 32.1. The van der Waals surface area contributed by atoms with E-state index in [1.54, 1.807) is 19.1 Å². The van der Waals surface area contributed by atoms with Crippen LogP contribution in [0.1, 0.15) is 28.1 Å². The summed E-state index contributed by atoms with van der Waals surface area (Å²) < 4.78 is 14.5. The number of rotatable bonds is 4. The van der Waals surface area contributed by atoms with Crippen molar-refractivity contribution >= 4 is 29.2 Å². The van der Waals surface area contributed by atoms with Crippen LogP contribution in [0.5, 0.6) is 0 Å². The maximum absolute atomic E-state index is 13.0. The zero-order chi connectivity index (χ0) is 17.6. The highest BCUT2D eigenvalue weighted by Crippen LogP contribution is 2.31. The molecule has 1 aromatic heterocycles. The van der Waals surface area contributed by atoms with Crippen LogP contribution in [0.4, 0.5) is 9.18 Å². The maximum Gasteiger partial charge on any atom is 0.334 e. The Bertz CT molecular complexity index is 831. The third-order valence-corrected chi connectivity index (χ3v) is 4.67. The molecule has 124 valence electrons. The van der Waals surface area contributed by atoms with Gasteiger partial charge in [0.05, 0.1) is 5.69 Å². The van der Waals surface area contributed by atoms with Gasteiger partial charge in [0, 0.05) is 5.69 Å². The molecule has 1 aromatic carbocycles. The first kappa shape index (κ1) is 16.3. The van der Waals surface area contributed by atoms with Gasteiger partial charge in [0.15, 0.2) is 0 Å². The lowest BCUT2D eigenvalue weighted by Crippen LogP contribution is -2.35. The first-order chi connectivity index (χ1) is 11.3. The number of aliphatic carboxylic acids is 1. The summed E-state index contributed by atoms with van der Waals surface area (Å²) in [6, 6.07) is 5.76. The zero-order valence-electron chi connectivity index (χ0n) is 13.2. The average Bonchev–Trinajstić information content (AvgIpc) is 2.91. The van der Waals surface area contributed by atoms with Crippen molar-refractivity contribution in [2.75, 3.05) is 6.54 Å². The summed E-state index contributed by atoms with van der Waals surface area (Å²) in [5, 5.41) is 8.94. The molecular formula is C17H15FN2O3S. The summed E-state index contributed by atoms with van der Waals surface area (Å²) in [4.78, 5) is 24.8. The van der Waals surface area contributed by atoms with Crippen LogP contribution in [0.15, 0.2) is 24.3 Å². The number of fused-ring (bicyclic) bond motifs is 1. The third-order valence-electron chi connectivity index (χ3n) is 4.26. The molecule has 1 amide bonds. The van der Waals surface area contributed by atoms with Crippen LogP contribution in [-0.2, 0) is 11.2 Å². The lowest BCUT2D eigenvalue weighted by molar-refractivity contribution is -0.136. The maximum atomic E-state index is 13.0. The minimum Gasteiger partial charge on any atom is -0.480 e. The van der Waals surface area contributed by atoms with Gasteiger partial charge >= 0.3 is 12.0 Å². The average molecular weight is 346 g/mol. The first-order valence-corrected chi connectivity index (χ1v) is 7.75. The topological polar surface area (TPSA) is 62.5 Å². The monoisotopic (exact) mass is 346 g/mol. The van der Waals surface area contributed by atoms with Gasteiger partial charge in [-0.05, 0) is 49.1 Å². The van der Waals surface area contributed by atoms with Gasteiger partial charge in [-0.15, -0.1) is 0 Å². The summed E-state index contributed by atoms with van der Waals surface area (Å²) in [6.45, 7) is 3.22. The first-order valence-electron chi connectivity index (χ1n) is 7.34. The molecule has 0 saturated carbocycles. The molecule has 0 aliphatic carbocycles. The number of carboxylic acid groups (broad SMARTS) is 1. The molecule has 2 heterocycles. The molecule has 0 unspecified atom stereocenters. The number of aromatic nitrogens is 1. The fraction of sp³-hybridized carbons (Fsp3) is 0.235. The van der Waals surface area contributed by atoms with Crippen molar-refractivity contribution < 1.29 is 19.1 Å². The van der Waals surface area contributed by atoms with Crippen molar-refractivity contribution in [3.05, 3.63) is 58.2 Å². The number of hydrogen-bond donors (Lipinski definition) is 1. The Morgan fingerprint density at radius 1 is 1.25 bits per heavy atom. The molecule has 0 spiro atoms. The summed E-state index contributed by atoms with van der Waals surface area (Å²) in [7, 11) is 0. The Labute approximate surface area is 143 Å². The lowest BCUT2D eigenvalue weighted by Gasteiger charge is -2.14. The second kappa shape index (κ2) is 5.83. The van der Waals surface area contributed by atoms with Crippen molar-refractivity contribution in [1.82, 2.24) is 9.47 Å². The van der Waals surface area contributed by atoms with Gasteiger partial charge in [0.2, 0.25) is 0 Å². The largest absolute Gasteiger partial charge is 0.480 e. The van der Waals surface area contributed by atoms with Crippen LogP contribution in [0.25, 0.3) is 0 Å². The number of thiocarbonyl (C=S) groups is 1. The quantitative estimate of drug-likeness (QED) is 0.865. The minimum absolute atomic E-state index is 0.230. The normalized spacial score (nSPS) is 13.5. The Balaban J connectivity index is 2.00. The lowest BCUT2D eigenvalue weighted by atomic mass is 10.0. The van der Waals surface area contributed by atoms with E-state index >= 15 is 0 Å². The molecule has 0 radical (unpaired) electrons. The summed E-state index contributed by atoms with van der Waals surface area (Å²) in [5.74, 6) is -1.41. The smallest absolute Gasteiger partial charge is 0.334 e. The Hall–Kier alpha value is -2.54. The third kappa shape index (κ3) is 2.50. The van der Waals surface area contributed by atoms with Gasteiger partial charge in [-0.1, -0.05) is 24.4 Å². The molecule has 1 aliphatic heterocycles. The van der Waals surface area contributed by atoms with Crippen LogP contribution in [0.3, 0.4) is 0 Å². The number of carbonyl (C=O) groups is 2. The highest BCUT2D eigenvalue weighted by molar-refractivity contribution is 7.80. The number of hydrogen-bond acceptors (Lipinski definition) is 3. The molecule has 2 aromatic rings. The van der Waals surface area contributed by atoms with Gasteiger partial charge in [-0.25, -0.2) is 9.18 Å². The van der Waals surface area contributed by atoms with Crippen molar-refractivity contribution in [3.63, 3.8) is 0 Å². The van der Waals surface area contributed by atoms with E-state index in [1.807, 2.05) is 6.92 Å². The van der Waals surface area contributed by atoms with E-state index in [1.165, 1.54) is 16.7 Å². The van der Waals surface area contributed by atoms with Crippen molar-refractivity contribution in [3.8, 4) is 0 Å². The van der Waals surface area contributed by atoms with Crippen LogP contribution in [-0.4, -0.2) is 38.1 Å². The molecule has 3 rings (SSSR count). The van der Waals surface area contributed by atoms with Gasteiger partial charge in [0.1, 0.15) is 17.4 Å². The molecule has 0 fully saturated rings. The van der Waals surface area contributed by atoms with Gasteiger partial charge < -0.3 is 5.11 Å². The van der Waals surface area contributed by atoms with Crippen LogP contribution in [0.2, 0.25) is 0 Å². The van der Waals surface area contributed by atoms with Crippen molar-refractivity contribution in [2.24, 2.45) is 0 Å². The van der Waals surface area contributed by atoms with Crippen LogP contribution in [0, 0.1) is 19.7 Å². The van der Waals surface area contributed by atoms with Crippen LogP contribution >= 0.6 is 12.2 Å². The van der Waals surface area contributed by atoms with Gasteiger partial charge in [-0.2, -0.15) is 0 Å². The molecule has 1 aliphatic rings. The van der Waals surface area contributed by atoms with E-state index in [-0.39, 0.29) is 10.8 Å². The molecule has 5 nitrogen and oxygen atoms in total. The second-order valence-corrected chi connectivity index (χ2v) is 6.13. The molecular weight excluding hydrogens is 331 g/mol. The number of halogens is 1. The number of carboxylic acids is 1. The van der Waals surface area contributed by atoms with Gasteiger partial charge in [-0.3, -0.25) is 14.3 Å². The fourth-order valence-corrected chi connectivity index (χ4v) is 3.44. The molecule has 1 N–H and O–H groups in total. The fourth-order valence-electron chi connectivity index (χ4n) is 3.06. The summed E-state index contributed by atoms with van der Waals surface area (Å²) >= 11 is 5.30. The zero-order valence-corrected chi connectivity index (χ0v) is 14.0. The van der Waals surface area contributed by atoms with Crippen LogP contribution < -0.4 is 0 Å². The number of amides is 1. The number of carbonyl (C=O) groups excluding carboxylic acids is 1. The summed E-state index contributed by atoms with van der Waals surface area (Å²) in [5.41, 5.74) is 4.02. The molecule has 0 atom stereocenters. The SMILES string of the molecule is Cc1c(Cc2ccc(F)cc2)c(C)n2c1C(=S)N(CC(=O)O)C2=O. The van der Waals surface area contributed by atoms with E-state index < -0.39 is 18.5 Å². The number of nitrogens with zero attached hydrogens (tertiary/aromatic N) is 2. The van der Waals surface area contributed by atoms with E-state index in [4.69, 9.17) is 17.3 Å². The molecule has 0 bridgehead atoms. The van der Waals surface area contributed by atoms with E-state index in [0.717, 1.165) is 27.3 Å². The highest BCUT2D eigenvalue weighted by Gasteiger charge is 2.38. The van der Waals surface area contributed by atoms with Crippen molar-refractivity contribution in [2.45, 2.75) is 20.3 Å². The molecule has 24 heavy (non-hydrogen) atoms. The van der Waals surface area contributed by atoms with E-state index in [9.17, 15) is 14.0 Å². The molecule has 0 saturated heterocycles. The van der Waals surface area contributed by atoms with Crippen molar-refractivity contribution in [1.29, 1.82) is 0 Å². The number of benzene rings is 1. The second-order valence-electron chi connectivity index (χ2n) is 5.74. The van der Waals surface area contributed by atoms with E-state index in [0.29, 0.717) is 12.1 Å². The molecule has 7 heteroatoms. The Morgan fingerprint density at radius 2 is 1.88 bits per heavy atom. The Morgan fingerprint density at radius 3 is 2.42 bits per heavy atom. The van der Waals surface area contributed by atoms with Gasteiger partial charge in [0.25, 0.3) is 0 Å². The summed E-state index contributed by atoms with van der Waals surface area (Å²) in [6.07, 6.45) is 0.548.